The van der Waals surface area contributed by atoms with Crippen LogP contribution < -0.4 is 10.6 Å². The second-order valence-electron chi connectivity index (χ2n) is 6.59. The first-order valence-electron chi connectivity index (χ1n) is 9.27. The Bertz CT molecular complexity index is 1130. The number of guanidine groups is 1. The molecule has 0 spiro atoms. The lowest BCUT2D eigenvalue weighted by Gasteiger charge is -2.13. The monoisotopic (exact) mass is 503 g/mol. The van der Waals surface area contributed by atoms with E-state index in [1.807, 2.05) is 36.7 Å². The fourth-order valence-corrected chi connectivity index (χ4v) is 3.38. The summed E-state index contributed by atoms with van der Waals surface area (Å²) in [5.74, 6) is 0.510. The van der Waals surface area contributed by atoms with Gasteiger partial charge in [-0.1, -0.05) is 18.2 Å². The maximum absolute atomic E-state index is 13.5. The highest BCUT2D eigenvalue weighted by molar-refractivity contribution is 14.0. The third kappa shape index (κ3) is 4.84. The van der Waals surface area contributed by atoms with E-state index < -0.39 is 0 Å². The number of para-hydroxylation sites is 1. The van der Waals surface area contributed by atoms with Crippen LogP contribution >= 0.6 is 24.0 Å². The van der Waals surface area contributed by atoms with Gasteiger partial charge in [-0.15, -0.1) is 24.0 Å². The minimum absolute atomic E-state index is 0. The number of hydrogen-bond donors (Lipinski definition) is 3. The van der Waals surface area contributed by atoms with Gasteiger partial charge in [-0.25, -0.2) is 4.39 Å². The van der Waals surface area contributed by atoms with Gasteiger partial charge in [0.1, 0.15) is 5.82 Å². The van der Waals surface area contributed by atoms with Crippen LogP contribution in [-0.4, -0.2) is 29.5 Å². The lowest BCUT2D eigenvalue weighted by atomic mass is 10.1. The van der Waals surface area contributed by atoms with Gasteiger partial charge in [-0.3, -0.25) is 9.98 Å². The molecule has 2 aromatic heterocycles. The van der Waals surface area contributed by atoms with Crippen molar-refractivity contribution >= 4 is 51.7 Å². The molecular formula is C22H23FIN5. The van der Waals surface area contributed by atoms with Crippen molar-refractivity contribution in [2.45, 2.75) is 13.0 Å². The molecule has 0 bridgehead atoms. The average molecular weight is 503 g/mol. The van der Waals surface area contributed by atoms with E-state index in [9.17, 15) is 4.39 Å². The molecule has 0 aliphatic carbocycles. The molecule has 150 valence electrons. The average Bonchev–Trinajstić information content (AvgIpc) is 3.12. The zero-order chi connectivity index (χ0) is 19.3. The summed E-state index contributed by atoms with van der Waals surface area (Å²) in [4.78, 5) is 11.9. The molecule has 5 nitrogen and oxygen atoms in total. The highest BCUT2D eigenvalue weighted by atomic mass is 127. The molecule has 0 atom stereocenters. The van der Waals surface area contributed by atoms with Gasteiger partial charge in [-0.2, -0.15) is 0 Å². The highest BCUT2D eigenvalue weighted by Gasteiger charge is 2.06. The maximum Gasteiger partial charge on any atom is 0.191 e. The Morgan fingerprint density at radius 2 is 1.93 bits per heavy atom. The number of benzene rings is 2. The summed E-state index contributed by atoms with van der Waals surface area (Å²) in [5.41, 5.74) is 4.18. The smallest absolute Gasteiger partial charge is 0.191 e. The van der Waals surface area contributed by atoms with Crippen molar-refractivity contribution in [3.05, 3.63) is 77.9 Å². The second-order valence-corrected chi connectivity index (χ2v) is 6.59. The minimum Gasteiger partial charge on any atom is -0.361 e. The first-order valence-corrected chi connectivity index (χ1v) is 9.27. The van der Waals surface area contributed by atoms with Crippen LogP contribution in [0, 0.1) is 5.82 Å². The Morgan fingerprint density at radius 3 is 2.79 bits per heavy atom. The molecule has 7 heteroatoms. The van der Waals surface area contributed by atoms with Gasteiger partial charge in [-0.05, 0) is 47.9 Å². The van der Waals surface area contributed by atoms with Gasteiger partial charge in [0.15, 0.2) is 5.96 Å². The van der Waals surface area contributed by atoms with E-state index in [-0.39, 0.29) is 29.8 Å². The summed E-state index contributed by atoms with van der Waals surface area (Å²) < 4.78 is 13.5. The van der Waals surface area contributed by atoms with E-state index in [1.165, 1.54) is 11.6 Å². The number of rotatable bonds is 5. The third-order valence-corrected chi connectivity index (χ3v) is 4.83. The number of nitrogens with one attached hydrogen (secondary N) is 3. The normalized spacial score (nSPS) is 11.4. The van der Waals surface area contributed by atoms with Crippen LogP contribution in [0.5, 0.6) is 0 Å². The molecule has 2 heterocycles. The number of pyridine rings is 1. The number of aromatic nitrogens is 2. The van der Waals surface area contributed by atoms with E-state index in [2.05, 4.69) is 31.7 Å². The fourth-order valence-electron chi connectivity index (χ4n) is 3.38. The lowest BCUT2D eigenvalue weighted by molar-refractivity contribution is 0.629. The van der Waals surface area contributed by atoms with E-state index in [0.29, 0.717) is 13.1 Å². The van der Waals surface area contributed by atoms with Crippen LogP contribution in [0.2, 0.25) is 0 Å². The molecule has 29 heavy (non-hydrogen) atoms. The molecule has 0 aliphatic heterocycles. The van der Waals surface area contributed by atoms with Gasteiger partial charge in [0, 0.05) is 48.8 Å². The maximum atomic E-state index is 13.5. The Hall–Kier alpha value is -2.68. The van der Waals surface area contributed by atoms with Crippen molar-refractivity contribution in [3.8, 4) is 0 Å². The summed E-state index contributed by atoms with van der Waals surface area (Å²) in [7, 11) is 1.75. The fraction of sp³-hybridized carbons (Fsp3) is 0.182. The summed E-state index contributed by atoms with van der Waals surface area (Å²) >= 11 is 0. The standard InChI is InChI=1S/C22H22FN5.HI/c1-24-22(28-14-15-8-10-25-20-5-3-2-4-18(15)20)26-11-9-16-13-27-21-7-6-17(23)12-19(16)21;/h2-8,10,12-13,27H,9,11,14H2,1H3,(H2,24,26,28);1H. The molecule has 0 unspecified atom stereocenters. The van der Waals surface area contributed by atoms with E-state index >= 15 is 0 Å². The van der Waals surface area contributed by atoms with Crippen LogP contribution in [0.25, 0.3) is 21.8 Å². The molecule has 0 aliphatic rings. The van der Waals surface area contributed by atoms with E-state index in [4.69, 9.17) is 0 Å². The topological polar surface area (TPSA) is 65.1 Å². The third-order valence-electron chi connectivity index (χ3n) is 4.83. The second kappa shape index (κ2) is 9.69. The van der Waals surface area contributed by atoms with Gasteiger partial charge in [0.05, 0.1) is 5.52 Å². The summed E-state index contributed by atoms with van der Waals surface area (Å²) in [6.45, 7) is 1.35. The number of fused-ring (bicyclic) bond motifs is 2. The van der Waals surface area contributed by atoms with Crippen molar-refractivity contribution in [1.82, 2.24) is 20.6 Å². The van der Waals surface area contributed by atoms with Gasteiger partial charge in [0.2, 0.25) is 0 Å². The molecule has 0 saturated heterocycles. The Kier molecular flexibility index (Phi) is 7.03. The molecule has 3 N–H and O–H groups in total. The van der Waals surface area contributed by atoms with Crippen molar-refractivity contribution in [2.24, 2.45) is 4.99 Å². The van der Waals surface area contributed by atoms with E-state index in [0.717, 1.165) is 39.7 Å². The number of nitrogens with zero attached hydrogens (tertiary/aromatic N) is 2. The van der Waals surface area contributed by atoms with E-state index in [1.54, 1.807) is 19.2 Å². The van der Waals surface area contributed by atoms with Gasteiger partial charge < -0.3 is 15.6 Å². The van der Waals surface area contributed by atoms with Crippen LogP contribution in [0.3, 0.4) is 0 Å². The first kappa shape index (κ1) is 21.0. The van der Waals surface area contributed by atoms with Crippen molar-refractivity contribution in [3.63, 3.8) is 0 Å². The molecule has 0 amide bonds. The number of H-pyrrole nitrogens is 1. The Balaban J connectivity index is 0.00000240. The Morgan fingerprint density at radius 1 is 1.07 bits per heavy atom. The van der Waals surface area contributed by atoms with Crippen LogP contribution in [0.15, 0.2) is 65.9 Å². The van der Waals surface area contributed by atoms with Crippen molar-refractivity contribution in [2.75, 3.05) is 13.6 Å². The van der Waals surface area contributed by atoms with Gasteiger partial charge in [0.25, 0.3) is 0 Å². The molecule has 0 radical (unpaired) electrons. The number of aromatic amines is 1. The molecule has 0 fully saturated rings. The predicted molar refractivity (Wildman–Crippen MR) is 127 cm³/mol. The number of halogens is 2. The molecule has 0 saturated carbocycles. The number of hydrogen-bond acceptors (Lipinski definition) is 2. The van der Waals surface area contributed by atoms with Crippen LogP contribution in [0.1, 0.15) is 11.1 Å². The van der Waals surface area contributed by atoms with Crippen molar-refractivity contribution < 1.29 is 4.39 Å². The van der Waals surface area contributed by atoms with Crippen LogP contribution in [-0.2, 0) is 13.0 Å². The predicted octanol–water partition coefficient (Wildman–Crippen LogP) is 4.38. The number of aliphatic imine (C=N–C) groups is 1. The van der Waals surface area contributed by atoms with Crippen molar-refractivity contribution in [1.29, 1.82) is 0 Å². The zero-order valence-corrected chi connectivity index (χ0v) is 18.4. The molecule has 2 aromatic carbocycles. The Labute approximate surface area is 185 Å². The largest absolute Gasteiger partial charge is 0.361 e. The summed E-state index contributed by atoms with van der Waals surface area (Å²) in [5, 5.41) is 8.73. The quantitative estimate of drug-likeness (QED) is 0.215. The minimum atomic E-state index is -0.219. The molecule has 4 aromatic rings. The SMILES string of the molecule is CN=C(NCCc1c[nH]c2ccc(F)cc12)NCc1ccnc2ccccc12.I. The summed E-state index contributed by atoms with van der Waals surface area (Å²) in [6.07, 6.45) is 4.53. The first-order chi connectivity index (χ1) is 13.7. The molecule has 4 rings (SSSR count). The van der Waals surface area contributed by atoms with Crippen LogP contribution in [0.4, 0.5) is 4.39 Å². The van der Waals surface area contributed by atoms with Gasteiger partial charge >= 0.3 is 0 Å². The summed E-state index contributed by atoms with van der Waals surface area (Å²) in [6, 6.07) is 14.9. The lowest BCUT2D eigenvalue weighted by Crippen LogP contribution is -2.37. The highest BCUT2D eigenvalue weighted by Crippen LogP contribution is 2.19. The molecular weight excluding hydrogens is 480 g/mol. The zero-order valence-electron chi connectivity index (χ0n) is 16.1.